The lowest BCUT2D eigenvalue weighted by Gasteiger charge is -2.11. The summed E-state index contributed by atoms with van der Waals surface area (Å²) in [6.07, 6.45) is 0. The number of rotatable bonds is 4. The summed E-state index contributed by atoms with van der Waals surface area (Å²) in [5.74, 6) is 0. The quantitative estimate of drug-likeness (QED) is 0.911. The van der Waals surface area contributed by atoms with Gasteiger partial charge in [-0.25, -0.2) is 8.42 Å². The maximum absolute atomic E-state index is 12.4. The van der Waals surface area contributed by atoms with Gasteiger partial charge < -0.3 is 5.11 Å². The normalized spacial score (nSPS) is 11.5. The number of hydrogen-bond donors (Lipinski definition) is 2. The number of anilines is 1. The highest BCUT2D eigenvalue weighted by atomic mass is 32.2. The zero-order valence-electron chi connectivity index (χ0n) is 10.7. The van der Waals surface area contributed by atoms with Crippen LogP contribution in [0.15, 0.2) is 34.5 Å². The van der Waals surface area contributed by atoms with Crippen LogP contribution in [-0.2, 0) is 16.6 Å². The molecule has 0 aliphatic carbocycles. The van der Waals surface area contributed by atoms with E-state index in [1.165, 1.54) is 11.3 Å². The van der Waals surface area contributed by atoms with E-state index < -0.39 is 10.0 Å². The lowest BCUT2D eigenvalue weighted by Crippen LogP contribution is -2.15. The van der Waals surface area contributed by atoms with Crippen LogP contribution in [0.1, 0.15) is 16.0 Å². The first-order valence-electron chi connectivity index (χ1n) is 5.72. The molecule has 0 aliphatic heterocycles. The predicted octanol–water partition coefficient (Wildman–Crippen LogP) is 2.66. The molecule has 0 bridgehead atoms. The van der Waals surface area contributed by atoms with Gasteiger partial charge >= 0.3 is 0 Å². The Labute approximate surface area is 116 Å². The number of aliphatic hydroxyl groups excluding tert-OH is 1. The van der Waals surface area contributed by atoms with Crippen molar-refractivity contribution < 1.29 is 13.5 Å². The van der Waals surface area contributed by atoms with E-state index in [0.717, 1.165) is 5.56 Å². The van der Waals surface area contributed by atoms with E-state index in [1.807, 2.05) is 19.1 Å². The molecule has 102 valence electrons. The fraction of sp³-hybridized carbons (Fsp3) is 0.231. The minimum Gasteiger partial charge on any atom is -0.391 e. The Balaban J connectivity index is 2.44. The summed E-state index contributed by atoms with van der Waals surface area (Å²) in [6, 6.07) is 7.18. The summed E-state index contributed by atoms with van der Waals surface area (Å²) in [4.78, 5) is 0.641. The molecule has 0 amide bonds. The summed E-state index contributed by atoms with van der Waals surface area (Å²) in [6.45, 7) is 3.29. The molecule has 0 saturated heterocycles. The summed E-state index contributed by atoms with van der Waals surface area (Å²) in [5, 5.41) is 11.0. The average Bonchev–Trinajstić information content (AvgIpc) is 2.74. The average molecular weight is 297 g/mol. The van der Waals surface area contributed by atoms with Gasteiger partial charge in [0.2, 0.25) is 0 Å². The third-order valence-electron chi connectivity index (χ3n) is 2.79. The molecule has 1 aromatic carbocycles. The van der Waals surface area contributed by atoms with Crippen LogP contribution in [0.5, 0.6) is 0 Å². The minimum absolute atomic E-state index is 0.184. The van der Waals surface area contributed by atoms with Gasteiger partial charge in [0.1, 0.15) is 4.90 Å². The monoisotopic (exact) mass is 297 g/mol. The first kappa shape index (κ1) is 14.0. The molecule has 6 heteroatoms. The number of nitrogens with one attached hydrogen (secondary N) is 1. The number of benzene rings is 1. The third kappa shape index (κ3) is 2.80. The number of thiophene rings is 1. The topological polar surface area (TPSA) is 66.4 Å². The van der Waals surface area contributed by atoms with Crippen LogP contribution in [-0.4, -0.2) is 13.5 Å². The van der Waals surface area contributed by atoms with E-state index in [9.17, 15) is 13.5 Å². The van der Waals surface area contributed by atoms with Gasteiger partial charge in [0.25, 0.3) is 10.0 Å². The molecule has 2 rings (SSSR count). The highest BCUT2D eigenvalue weighted by molar-refractivity contribution is 7.93. The van der Waals surface area contributed by atoms with Gasteiger partial charge in [-0.05, 0) is 36.4 Å². The van der Waals surface area contributed by atoms with E-state index >= 15 is 0 Å². The summed E-state index contributed by atoms with van der Waals surface area (Å²) < 4.78 is 27.4. The van der Waals surface area contributed by atoms with Gasteiger partial charge in [-0.2, -0.15) is 0 Å². The molecular weight excluding hydrogens is 282 g/mol. The molecule has 19 heavy (non-hydrogen) atoms. The second-order valence-corrected chi connectivity index (χ2v) is 6.83. The van der Waals surface area contributed by atoms with Crippen LogP contribution in [0, 0.1) is 13.8 Å². The van der Waals surface area contributed by atoms with Crippen molar-refractivity contribution >= 4 is 27.0 Å². The van der Waals surface area contributed by atoms with Crippen LogP contribution in [0.2, 0.25) is 0 Å². The van der Waals surface area contributed by atoms with Gasteiger partial charge in [0.15, 0.2) is 0 Å². The lowest BCUT2D eigenvalue weighted by molar-refractivity contribution is 0.282. The van der Waals surface area contributed by atoms with E-state index in [0.29, 0.717) is 16.1 Å². The molecule has 1 heterocycles. The highest BCUT2D eigenvalue weighted by Crippen LogP contribution is 2.29. The molecule has 0 atom stereocenters. The van der Waals surface area contributed by atoms with Crippen molar-refractivity contribution in [3.63, 3.8) is 0 Å². The number of sulfonamides is 1. The SMILES string of the molecule is Cc1ccccc1NS(=O)(=O)c1c(C)csc1CO. The molecule has 2 aromatic rings. The maximum Gasteiger partial charge on any atom is 0.263 e. The first-order valence-corrected chi connectivity index (χ1v) is 8.08. The molecule has 0 unspecified atom stereocenters. The van der Waals surface area contributed by atoms with Crippen molar-refractivity contribution in [2.45, 2.75) is 25.3 Å². The molecule has 1 aromatic heterocycles. The van der Waals surface area contributed by atoms with Crippen molar-refractivity contribution in [3.8, 4) is 0 Å². The van der Waals surface area contributed by atoms with E-state index in [4.69, 9.17) is 0 Å². The molecule has 0 aliphatic rings. The predicted molar refractivity (Wildman–Crippen MR) is 77.0 cm³/mol. The molecule has 0 spiro atoms. The Morgan fingerprint density at radius 3 is 2.53 bits per heavy atom. The molecular formula is C13H15NO3S2. The van der Waals surface area contributed by atoms with Crippen molar-refractivity contribution in [1.82, 2.24) is 0 Å². The fourth-order valence-corrected chi connectivity index (χ4v) is 4.64. The van der Waals surface area contributed by atoms with Gasteiger partial charge in [-0.15, -0.1) is 11.3 Å². The highest BCUT2D eigenvalue weighted by Gasteiger charge is 2.23. The van der Waals surface area contributed by atoms with Crippen LogP contribution in [0.25, 0.3) is 0 Å². The molecule has 4 nitrogen and oxygen atoms in total. The van der Waals surface area contributed by atoms with Crippen LogP contribution < -0.4 is 4.72 Å². The zero-order chi connectivity index (χ0) is 14.0. The van der Waals surface area contributed by atoms with E-state index in [-0.39, 0.29) is 11.5 Å². The molecule has 2 N–H and O–H groups in total. The Morgan fingerprint density at radius 2 is 1.89 bits per heavy atom. The second-order valence-electron chi connectivity index (χ2n) is 4.25. The van der Waals surface area contributed by atoms with Crippen LogP contribution >= 0.6 is 11.3 Å². The van der Waals surface area contributed by atoms with Gasteiger partial charge in [-0.3, -0.25) is 4.72 Å². The Morgan fingerprint density at radius 1 is 1.21 bits per heavy atom. The lowest BCUT2D eigenvalue weighted by atomic mass is 10.2. The second kappa shape index (κ2) is 5.32. The molecule has 0 radical (unpaired) electrons. The summed E-state index contributed by atoms with van der Waals surface area (Å²) in [5.41, 5.74) is 2.05. The van der Waals surface area contributed by atoms with E-state index in [2.05, 4.69) is 4.72 Å². The zero-order valence-corrected chi connectivity index (χ0v) is 12.3. The van der Waals surface area contributed by atoms with E-state index in [1.54, 1.807) is 24.4 Å². The summed E-state index contributed by atoms with van der Waals surface area (Å²) in [7, 11) is -3.67. The Hall–Kier alpha value is -1.37. The van der Waals surface area contributed by atoms with Crippen molar-refractivity contribution in [2.75, 3.05) is 4.72 Å². The number of aliphatic hydroxyl groups is 1. The Kier molecular flexibility index (Phi) is 3.93. The van der Waals surface area contributed by atoms with Gasteiger partial charge in [0.05, 0.1) is 17.2 Å². The standard InChI is InChI=1S/C13H15NO3S2/c1-9-5-3-4-6-11(9)14-19(16,17)13-10(2)8-18-12(13)7-15/h3-6,8,14-15H,7H2,1-2H3. The van der Waals surface area contributed by atoms with Crippen molar-refractivity contribution in [3.05, 3.63) is 45.6 Å². The number of aryl methyl sites for hydroxylation is 2. The van der Waals surface area contributed by atoms with Crippen molar-refractivity contribution in [1.29, 1.82) is 0 Å². The minimum atomic E-state index is -3.67. The third-order valence-corrected chi connectivity index (χ3v) is 5.60. The van der Waals surface area contributed by atoms with Crippen LogP contribution in [0.3, 0.4) is 0 Å². The smallest absolute Gasteiger partial charge is 0.263 e. The maximum atomic E-state index is 12.4. The molecule has 0 saturated carbocycles. The Bertz CT molecular complexity index is 690. The number of para-hydroxylation sites is 1. The fourth-order valence-electron chi connectivity index (χ4n) is 1.84. The van der Waals surface area contributed by atoms with Gasteiger partial charge in [0, 0.05) is 0 Å². The summed E-state index contributed by atoms with van der Waals surface area (Å²) >= 11 is 1.25. The molecule has 0 fully saturated rings. The number of hydrogen-bond acceptors (Lipinski definition) is 4. The van der Waals surface area contributed by atoms with Crippen LogP contribution in [0.4, 0.5) is 5.69 Å². The van der Waals surface area contributed by atoms with Gasteiger partial charge in [-0.1, -0.05) is 18.2 Å². The van der Waals surface area contributed by atoms with Crippen molar-refractivity contribution in [2.24, 2.45) is 0 Å². The largest absolute Gasteiger partial charge is 0.391 e. The first-order chi connectivity index (χ1) is 8.95.